The molecular weight excluding hydrogens is 250 g/mol. The minimum atomic E-state index is -3.10. The molecule has 3 nitrogen and oxygen atoms in total. The van der Waals surface area contributed by atoms with Crippen molar-refractivity contribution < 1.29 is 8.42 Å². The lowest BCUT2D eigenvalue weighted by molar-refractivity contribution is 0.604. The van der Waals surface area contributed by atoms with Crippen molar-refractivity contribution in [3.8, 4) is 0 Å². The van der Waals surface area contributed by atoms with Gasteiger partial charge in [-0.15, -0.1) is 11.3 Å². The molecule has 1 heterocycles. The van der Waals surface area contributed by atoms with Crippen molar-refractivity contribution in [3.05, 3.63) is 10.5 Å². The van der Waals surface area contributed by atoms with Crippen molar-refractivity contribution in [1.82, 2.24) is 0 Å². The van der Waals surface area contributed by atoms with Crippen molar-refractivity contribution in [3.63, 3.8) is 0 Å². The summed E-state index contributed by atoms with van der Waals surface area (Å²) in [6.07, 6.45) is 1.16. The zero-order chi connectivity index (χ0) is 8.65. The number of nitrogen functional groups attached to an aromatic ring is 1. The fourth-order valence-electron chi connectivity index (χ4n) is 0.544. The largest absolute Gasteiger partial charge is 0.390 e. The first-order chi connectivity index (χ1) is 4.91. The number of hydrogen-bond acceptors (Lipinski definition) is 4. The molecule has 2 N–H and O–H groups in total. The first-order valence-corrected chi connectivity index (χ1v) is 6.16. The van der Waals surface area contributed by atoms with Crippen LogP contribution in [-0.4, -0.2) is 14.7 Å². The zero-order valence-electron chi connectivity index (χ0n) is 5.67. The molecule has 0 amide bonds. The van der Waals surface area contributed by atoms with E-state index < -0.39 is 9.84 Å². The van der Waals surface area contributed by atoms with Crippen LogP contribution in [0.3, 0.4) is 0 Å². The van der Waals surface area contributed by atoms with E-state index in [1.165, 1.54) is 6.07 Å². The minimum absolute atomic E-state index is 0.293. The Morgan fingerprint density at radius 3 is 2.36 bits per heavy atom. The van der Waals surface area contributed by atoms with E-state index in [2.05, 4.69) is 15.9 Å². The van der Waals surface area contributed by atoms with Gasteiger partial charge in [0.15, 0.2) is 9.84 Å². The Bertz CT molecular complexity index is 348. The first kappa shape index (κ1) is 9.02. The normalized spacial score (nSPS) is 11.8. The number of thiophene rings is 1. The SMILES string of the molecule is CS(=O)(=O)c1cc(Br)c(N)s1. The maximum absolute atomic E-state index is 10.9. The number of sulfone groups is 1. The lowest BCUT2D eigenvalue weighted by atomic mass is 10.6. The van der Waals surface area contributed by atoms with Gasteiger partial charge in [-0.25, -0.2) is 8.42 Å². The highest BCUT2D eigenvalue weighted by molar-refractivity contribution is 9.10. The molecule has 0 aliphatic heterocycles. The van der Waals surface area contributed by atoms with Gasteiger partial charge < -0.3 is 5.73 Å². The molecule has 0 aromatic carbocycles. The van der Waals surface area contributed by atoms with Crippen molar-refractivity contribution in [2.24, 2.45) is 0 Å². The molecule has 11 heavy (non-hydrogen) atoms. The van der Waals surface area contributed by atoms with E-state index in [1.807, 2.05) is 0 Å². The number of anilines is 1. The van der Waals surface area contributed by atoms with Crippen LogP contribution >= 0.6 is 27.3 Å². The average molecular weight is 256 g/mol. The van der Waals surface area contributed by atoms with E-state index >= 15 is 0 Å². The molecular formula is C5H6BrNO2S2. The fourth-order valence-corrected chi connectivity index (χ4v) is 3.08. The summed E-state index contributed by atoms with van der Waals surface area (Å²) in [6.45, 7) is 0. The predicted molar refractivity (Wildman–Crippen MR) is 49.5 cm³/mol. The Kier molecular flexibility index (Phi) is 2.27. The van der Waals surface area contributed by atoms with Crippen LogP contribution in [0.15, 0.2) is 14.7 Å². The summed E-state index contributed by atoms with van der Waals surface area (Å²) in [4.78, 5) is 0. The van der Waals surface area contributed by atoms with Crippen LogP contribution in [0.1, 0.15) is 0 Å². The molecule has 1 aromatic rings. The van der Waals surface area contributed by atoms with E-state index in [4.69, 9.17) is 5.73 Å². The average Bonchev–Trinajstić information content (AvgIpc) is 2.11. The molecule has 6 heteroatoms. The van der Waals surface area contributed by atoms with Crippen LogP contribution in [0.2, 0.25) is 0 Å². The summed E-state index contributed by atoms with van der Waals surface area (Å²) >= 11 is 4.19. The second-order valence-electron chi connectivity index (χ2n) is 2.05. The predicted octanol–water partition coefficient (Wildman–Crippen LogP) is 1.50. The van der Waals surface area contributed by atoms with Crippen molar-refractivity contribution >= 4 is 42.1 Å². The molecule has 0 aliphatic carbocycles. The number of rotatable bonds is 1. The van der Waals surface area contributed by atoms with Crippen molar-refractivity contribution in [2.45, 2.75) is 4.21 Å². The molecule has 0 unspecified atom stereocenters. The third kappa shape index (κ3) is 1.94. The third-order valence-corrected chi connectivity index (χ3v) is 4.74. The van der Waals surface area contributed by atoms with Crippen LogP contribution in [0.25, 0.3) is 0 Å². The molecule has 0 spiro atoms. The summed E-state index contributed by atoms with van der Waals surface area (Å²) in [7, 11) is -3.10. The summed E-state index contributed by atoms with van der Waals surface area (Å²) in [6, 6.07) is 1.51. The quantitative estimate of drug-likeness (QED) is 0.828. The molecule has 0 atom stereocenters. The van der Waals surface area contributed by atoms with Crippen LogP contribution in [0, 0.1) is 0 Å². The molecule has 0 saturated heterocycles. The van der Waals surface area contributed by atoms with Gasteiger partial charge in [0.25, 0.3) is 0 Å². The Morgan fingerprint density at radius 1 is 1.64 bits per heavy atom. The van der Waals surface area contributed by atoms with Gasteiger partial charge in [0.05, 0.1) is 4.47 Å². The highest BCUT2D eigenvalue weighted by atomic mass is 79.9. The standard InChI is InChI=1S/C5H6BrNO2S2/c1-11(8,9)4-2-3(6)5(7)10-4/h2H,7H2,1H3. The molecule has 1 aromatic heterocycles. The second kappa shape index (κ2) is 2.76. The Labute approximate surface area is 77.3 Å². The summed E-state index contributed by atoms with van der Waals surface area (Å²) in [5, 5.41) is 0.491. The van der Waals surface area contributed by atoms with Gasteiger partial charge in [0, 0.05) is 6.26 Å². The van der Waals surface area contributed by atoms with Crippen LogP contribution in [-0.2, 0) is 9.84 Å². The third-order valence-electron chi connectivity index (χ3n) is 1.06. The Morgan fingerprint density at radius 2 is 2.18 bits per heavy atom. The Balaban J connectivity index is 3.29. The second-order valence-corrected chi connectivity index (χ2v) is 6.23. The highest BCUT2D eigenvalue weighted by Gasteiger charge is 2.12. The highest BCUT2D eigenvalue weighted by Crippen LogP contribution is 2.32. The van der Waals surface area contributed by atoms with Crippen LogP contribution < -0.4 is 5.73 Å². The smallest absolute Gasteiger partial charge is 0.184 e. The zero-order valence-corrected chi connectivity index (χ0v) is 8.88. The van der Waals surface area contributed by atoms with Crippen LogP contribution in [0.4, 0.5) is 5.00 Å². The molecule has 1 rings (SSSR count). The van der Waals surface area contributed by atoms with E-state index in [-0.39, 0.29) is 0 Å². The molecule has 0 fully saturated rings. The first-order valence-electron chi connectivity index (χ1n) is 2.66. The fraction of sp³-hybridized carbons (Fsp3) is 0.200. The van der Waals surface area contributed by atoms with Gasteiger partial charge in [0.2, 0.25) is 0 Å². The van der Waals surface area contributed by atoms with Crippen LogP contribution in [0.5, 0.6) is 0 Å². The van der Waals surface area contributed by atoms with Gasteiger partial charge in [-0.3, -0.25) is 0 Å². The lowest BCUT2D eigenvalue weighted by Gasteiger charge is -1.86. The molecule has 0 radical (unpaired) electrons. The monoisotopic (exact) mass is 255 g/mol. The molecule has 0 saturated carbocycles. The van der Waals surface area contributed by atoms with Gasteiger partial charge in [-0.05, 0) is 22.0 Å². The van der Waals surface area contributed by atoms with Gasteiger partial charge in [-0.2, -0.15) is 0 Å². The van der Waals surface area contributed by atoms with E-state index in [0.29, 0.717) is 13.7 Å². The molecule has 0 bridgehead atoms. The van der Waals surface area contributed by atoms with Gasteiger partial charge in [0.1, 0.15) is 9.21 Å². The number of halogens is 1. The van der Waals surface area contributed by atoms with Gasteiger partial charge >= 0.3 is 0 Å². The van der Waals surface area contributed by atoms with Crippen molar-refractivity contribution in [2.75, 3.05) is 12.0 Å². The summed E-state index contributed by atoms with van der Waals surface area (Å²) in [5.74, 6) is 0. The van der Waals surface area contributed by atoms with E-state index in [0.717, 1.165) is 17.6 Å². The van der Waals surface area contributed by atoms with Crippen molar-refractivity contribution in [1.29, 1.82) is 0 Å². The minimum Gasteiger partial charge on any atom is -0.390 e. The van der Waals surface area contributed by atoms with E-state index in [1.54, 1.807) is 0 Å². The molecule has 0 aliphatic rings. The summed E-state index contributed by atoms with van der Waals surface area (Å²) < 4.78 is 22.8. The molecule has 62 valence electrons. The maximum atomic E-state index is 10.9. The Hall–Kier alpha value is -0.0700. The topological polar surface area (TPSA) is 60.2 Å². The lowest BCUT2D eigenvalue weighted by Crippen LogP contribution is -1.91. The maximum Gasteiger partial charge on any atom is 0.184 e. The van der Waals surface area contributed by atoms with E-state index in [9.17, 15) is 8.42 Å². The number of hydrogen-bond donors (Lipinski definition) is 1. The van der Waals surface area contributed by atoms with Gasteiger partial charge in [-0.1, -0.05) is 0 Å². The summed E-state index contributed by atoms with van der Waals surface area (Å²) in [5.41, 5.74) is 5.44. The number of nitrogens with two attached hydrogens (primary N) is 1.